The molecule has 2 saturated carbocycles. The van der Waals surface area contributed by atoms with E-state index in [0.717, 1.165) is 25.7 Å². The quantitative estimate of drug-likeness (QED) is 0.536. The zero-order chi connectivity index (χ0) is 27.7. The van der Waals surface area contributed by atoms with Gasteiger partial charge >= 0.3 is 12.1 Å². The van der Waals surface area contributed by atoms with Crippen molar-refractivity contribution in [1.29, 1.82) is 0 Å². The van der Waals surface area contributed by atoms with Crippen LogP contribution < -0.4 is 21.0 Å². The number of aromatic nitrogens is 1. The number of alkyl carbamates (subject to hydrolysis) is 1. The Morgan fingerprint density at radius 3 is 2.39 bits per heavy atom. The second-order valence-corrected chi connectivity index (χ2v) is 11.8. The minimum atomic E-state index is -1.41. The second kappa shape index (κ2) is 8.71. The Labute approximate surface area is 219 Å². The predicted molar refractivity (Wildman–Crippen MR) is 139 cm³/mol. The summed E-state index contributed by atoms with van der Waals surface area (Å²) in [5.41, 5.74) is -1.37. The number of carbonyl (C=O) groups is 3. The van der Waals surface area contributed by atoms with E-state index in [0.29, 0.717) is 24.2 Å². The van der Waals surface area contributed by atoms with E-state index < -0.39 is 40.4 Å². The minimum Gasteiger partial charge on any atom is -0.477 e. The van der Waals surface area contributed by atoms with Crippen LogP contribution in [0.4, 0.5) is 20.6 Å². The van der Waals surface area contributed by atoms with E-state index in [-0.39, 0.29) is 34.3 Å². The second-order valence-electron chi connectivity index (χ2n) is 11.8. The van der Waals surface area contributed by atoms with Crippen LogP contribution in [0.25, 0.3) is 10.9 Å². The predicted octanol–water partition coefficient (Wildman–Crippen LogP) is 3.93. The lowest BCUT2D eigenvalue weighted by Crippen LogP contribution is -2.44. The topological polar surface area (TPSA) is 130 Å². The number of nitrogens with one attached hydrogen (secondary N) is 2. The number of amides is 2. The van der Waals surface area contributed by atoms with E-state index in [9.17, 15) is 24.3 Å². The van der Waals surface area contributed by atoms with Crippen molar-refractivity contribution in [3.05, 3.63) is 33.4 Å². The lowest BCUT2D eigenvalue weighted by atomic mass is 10.0. The molecular weight excluding hydrogens is 495 g/mol. The van der Waals surface area contributed by atoms with Crippen molar-refractivity contribution in [2.24, 2.45) is 5.41 Å². The number of aromatic carboxylic acids is 1. The summed E-state index contributed by atoms with van der Waals surface area (Å²) in [5, 5.41) is 15.0. The maximum atomic E-state index is 16.4. The molecule has 2 aromatic rings. The molecule has 1 spiro atoms. The molecule has 5 rings (SSSR count). The summed E-state index contributed by atoms with van der Waals surface area (Å²) in [6.45, 7) is 9.08. The molecule has 2 amide bonds. The summed E-state index contributed by atoms with van der Waals surface area (Å²) >= 11 is 0. The van der Waals surface area contributed by atoms with Gasteiger partial charge in [0, 0.05) is 37.7 Å². The van der Waals surface area contributed by atoms with E-state index in [4.69, 9.17) is 4.74 Å². The van der Waals surface area contributed by atoms with E-state index >= 15 is 4.39 Å². The average Bonchev–Trinajstić information content (AvgIpc) is 3.69. The Kier molecular flexibility index (Phi) is 5.96. The van der Waals surface area contributed by atoms with Crippen molar-refractivity contribution in [2.75, 3.05) is 23.3 Å². The molecule has 3 fully saturated rings. The number of benzene rings is 1. The molecular formula is C27H33FN4O6. The molecule has 2 aliphatic carbocycles. The van der Waals surface area contributed by atoms with E-state index in [2.05, 4.69) is 10.6 Å². The standard InChI is InChI=1S/C27H33FN4O6/c1-13-21-18(23(34)16(24(35)36)10-32(21)15-6-7-15)20(29-14(2)33)19(28)22(13)31-11-17(27(12-31)8-9-27)30-25(37)38-26(3,4)5/h10,15,17H,6-9,11-12H2,1-5H3,(H,29,33)(H,30,37)(H,35,36). The molecule has 3 aliphatic rings. The third kappa shape index (κ3) is 4.48. The number of anilines is 2. The van der Waals surface area contributed by atoms with Gasteiger partial charge in [0.05, 0.1) is 28.3 Å². The molecule has 1 saturated heterocycles. The number of nitrogens with zero attached hydrogens (tertiary/aromatic N) is 2. The van der Waals surface area contributed by atoms with Crippen LogP contribution in [0.1, 0.15) is 75.3 Å². The number of fused-ring (bicyclic) bond motifs is 1. The number of ether oxygens (including phenoxy) is 1. The number of aryl methyl sites for hydroxylation is 1. The van der Waals surface area contributed by atoms with Gasteiger partial charge in [-0.3, -0.25) is 9.59 Å². The number of rotatable bonds is 5. The molecule has 0 bridgehead atoms. The van der Waals surface area contributed by atoms with Crippen LogP contribution in [-0.2, 0) is 9.53 Å². The number of carboxylic acid groups (broad SMARTS) is 1. The number of carboxylic acids is 1. The van der Waals surface area contributed by atoms with Crippen LogP contribution in [0.5, 0.6) is 0 Å². The van der Waals surface area contributed by atoms with Gasteiger partial charge in [0.2, 0.25) is 11.3 Å². The van der Waals surface area contributed by atoms with Crippen molar-refractivity contribution >= 4 is 40.2 Å². The van der Waals surface area contributed by atoms with Gasteiger partial charge in [-0.15, -0.1) is 0 Å². The highest BCUT2D eigenvalue weighted by molar-refractivity contribution is 6.06. The van der Waals surface area contributed by atoms with Gasteiger partial charge in [-0.1, -0.05) is 0 Å². The third-order valence-electron chi connectivity index (χ3n) is 7.64. The van der Waals surface area contributed by atoms with E-state index in [1.54, 1.807) is 32.3 Å². The molecule has 0 radical (unpaired) electrons. The summed E-state index contributed by atoms with van der Waals surface area (Å²) in [6, 6.07) is -0.288. The molecule has 1 aromatic carbocycles. The van der Waals surface area contributed by atoms with Crippen molar-refractivity contribution in [3.63, 3.8) is 0 Å². The van der Waals surface area contributed by atoms with Gasteiger partial charge in [0.15, 0.2) is 5.82 Å². The van der Waals surface area contributed by atoms with Crippen molar-refractivity contribution < 1.29 is 28.6 Å². The van der Waals surface area contributed by atoms with Crippen molar-refractivity contribution in [2.45, 2.75) is 78.0 Å². The normalized spacial score (nSPS) is 20.1. The van der Waals surface area contributed by atoms with Gasteiger partial charge in [0.1, 0.15) is 11.2 Å². The Balaban J connectivity index is 1.65. The molecule has 1 unspecified atom stereocenters. The van der Waals surface area contributed by atoms with Crippen LogP contribution in [0.3, 0.4) is 0 Å². The largest absolute Gasteiger partial charge is 0.477 e. The zero-order valence-electron chi connectivity index (χ0n) is 22.2. The number of hydrogen-bond acceptors (Lipinski definition) is 6. The fourth-order valence-electron chi connectivity index (χ4n) is 5.67. The molecule has 11 heteroatoms. The Hall–Kier alpha value is -3.63. The maximum absolute atomic E-state index is 16.4. The number of halogens is 1. The van der Waals surface area contributed by atoms with Crippen LogP contribution in [0.2, 0.25) is 0 Å². The van der Waals surface area contributed by atoms with Gasteiger partial charge in [0.25, 0.3) is 0 Å². The highest BCUT2D eigenvalue weighted by atomic mass is 19.1. The van der Waals surface area contributed by atoms with E-state index in [1.165, 1.54) is 13.1 Å². The van der Waals surface area contributed by atoms with Gasteiger partial charge in [-0.2, -0.15) is 0 Å². The highest BCUT2D eigenvalue weighted by Gasteiger charge is 2.56. The summed E-state index contributed by atoms with van der Waals surface area (Å²) in [6.07, 6.45) is 4.13. The van der Waals surface area contributed by atoms with Gasteiger partial charge in [-0.25, -0.2) is 14.0 Å². The first-order chi connectivity index (χ1) is 17.7. The lowest BCUT2D eigenvalue weighted by Gasteiger charge is -2.26. The highest BCUT2D eigenvalue weighted by Crippen LogP contribution is 2.55. The maximum Gasteiger partial charge on any atom is 0.407 e. The Morgan fingerprint density at radius 1 is 1.21 bits per heavy atom. The molecule has 1 atom stereocenters. The average molecular weight is 529 g/mol. The Morgan fingerprint density at radius 2 is 1.87 bits per heavy atom. The van der Waals surface area contributed by atoms with Crippen molar-refractivity contribution in [1.82, 2.24) is 9.88 Å². The van der Waals surface area contributed by atoms with E-state index in [1.807, 2.05) is 4.90 Å². The summed E-state index contributed by atoms with van der Waals surface area (Å²) < 4.78 is 23.5. The Bertz CT molecular complexity index is 1430. The van der Waals surface area contributed by atoms with Gasteiger partial charge in [-0.05, 0) is 58.9 Å². The third-order valence-corrected chi connectivity index (χ3v) is 7.64. The summed E-state index contributed by atoms with van der Waals surface area (Å²) in [5.74, 6) is -2.78. The van der Waals surface area contributed by atoms with Crippen LogP contribution in [-0.4, -0.2) is 52.4 Å². The molecule has 1 aromatic heterocycles. The lowest BCUT2D eigenvalue weighted by molar-refractivity contribution is -0.114. The fourth-order valence-corrected chi connectivity index (χ4v) is 5.67. The minimum absolute atomic E-state index is 0.0201. The SMILES string of the molecule is CC(=O)Nc1c(F)c(N2CC(NC(=O)OC(C)(C)C)C3(CC3)C2)c(C)c2c1c(=O)c(C(=O)O)cn2C1CC1. The molecule has 10 nitrogen and oxygen atoms in total. The monoisotopic (exact) mass is 528 g/mol. The van der Waals surface area contributed by atoms with Crippen LogP contribution >= 0.6 is 0 Å². The molecule has 204 valence electrons. The first-order valence-corrected chi connectivity index (χ1v) is 12.9. The molecule has 1 aliphatic heterocycles. The summed E-state index contributed by atoms with van der Waals surface area (Å²) in [7, 11) is 0. The zero-order valence-corrected chi connectivity index (χ0v) is 22.2. The number of pyridine rings is 1. The molecule has 3 N–H and O–H groups in total. The number of hydrogen-bond donors (Lipinski definition) is 3. The van der Waals surface area contributed by atoms with Gasteiger partial charge < -0.3 is 29.9 Å². The first-order valence-electron chi connectivity index (χ1n) is 12.9. The fraction of sp³-hybridized carbons (Fsp3) is 0.556. The van der Waals surface area contributed by atoms with Crippen molar-refractivity contribution in [3.8, 4) is 0 Å². The smallest absolute Gasteiger partial charge is 0.407 e. The number of carbonyl (C=O) groups excluding carboxylic acids is 2. The van der Waals surface area contributed by atoms with Crippen LogP contribution in [0, 0.1) is 18.2 Å². The molecule has 38 heavy (non-hydrogen) atoms. The molecule has 2 heterocycles. The summed E-state index contributed by atoms with van der Waals surface area (Å²) in [4.78, 5) is 51.7. The van der Waals surface area contributed by atoms with Crippen LogP contribution in [0.15, 0.2) is 11.0 Å². The first kappa shape index (κ1) is 26.0.